The predicted octanol–water partition coefficient (Wildman–Crippen LogP) is 4.16. The number of non-ortho nitro benzene ring substituents is 1. The summed E-state index contributed by atoms with van der Waals surface area (Å²) in [7, 11) is 3.07. The number of ether oxygens (including phenoxy) is 2. The van der Waals surface area contributed by atoms with E-state index in [0.29, 0.717) is 22.0 Å². The number of aryl methyl sites for hydroxylation is 1. The summed E-state index contributed by atoms with van der Waals surface area (Å²) < 4.78 is 10.6. The lowest BCUT2D eigenvalue weighted by molar-refractivity contribution is -0.384. The molecule has 2 aromatic rings. The van der Waals surface area contributed by atoms with Gasteiger partial charge in [-0.05, 0) is 53.6 Å². The van der Waals surface area contributed by atoms with Crippen molar-refractivity contribution < 1.29 is 24.0 Å². The number of nitro groups is 1. The minimum absolute atomic E-state index is 0.0465. The Morgan fingerprint density at radius 2 is 1.72 bits per heavy atom. The van der Waals surface area contributed by atoms with Crippen LogP contribution in [-0.2, 0) is 11.3 Å². The van der Waals surface area contributed by atoms with Crippen LogP contribution in [0.4, 0.5) is 10.5 Å². The Hall–Kier alpha value is -3.33. The minimum atomic E-state index is -0.502. The quantitative estimate of drug-likeness (QED) is 0.398. The first-order valence-corrected chi connectivity index (χ1v) is 9.37. The molecule has 2 amide bonds. The number of hydrogen-bond acceptors (Lipinski definition) is 7. The first-order chi connectivity index (χ1) is 13.8. The molecule has 2 aromatic carbocycles. The fourth-order valence-electron chi connectivity index (χ4n) is 2.84. The van der Waals surface area contributed by atoms with Crippen LogP contribution in [0.25, 0.3) is 6.08 Å². The van der Waals surface area contributed by atoms with Crippen molar-refractivity contribution in [1.29, 1.82) is 0 Å². The minimum Gasteiger partial charge on any atom is -0.493 e. The lowest BCUT2D eigenvalue weighted by Crippen LogP contribution is -2.27. The van der Waals surface area contributed by atoms with Crippen molar-refractivity contribution in [3.8, 4) is 11.5 Å². The van der Waals surface area contributed by atoms with Gasteiger partial charge in [0, 0.05) is 12.1 Å². The molecule has 1 saturated heterocycles. The van der Waals surface area contributed by atoms with Gasteiger partial charge in [-0.1, -0.05) is 12.1 Å². The molecule has 1 aliphatic rings. The molecule has 0 aliphatic carbocycles. The molecule has 8 nitrogen and oxygen atoms in total. The van der Waals surface area contributed by atoms with Crippen molar-refractivity contribution in [3.05, 3.63) is 68.1 Å². The van der Waals surface area contributed by atoms with Crippen molar-refractivity contribution in [1.82, 2.24) is 4.90 Å². The van der Waals surface area contributed by atoms with Crippen LogP contribution in [-0.4, -0.2) is 35.2 Å². The summed E-state index contributed by atoms with van der Waals surface area (Å²) in [5.41, 5.74) is 2.18. The highest BCUT2D eigenvalue weighted by Crippen LogP contribution is 2.36. The maximum Gasteiger partial charge on any atom is 0.293 e. The first kappa shape index (κ1) is 20.4. The highest BCUT2D eigenvalue weighted by atomic mass is 32.2. The monoisotopic (exact) mass is 414 g/mol. The van der Waals surface area contributed by atoms with Gasteiger partial charge >= 0.3 is 0 Å². The van der Waals surface area contributed by atoms with E-state index >= 15 is 0 Å². The smallest absolute Gasteiger partial charge is 0.293 e. The molecule has 0 saturated carbocycles. The molecule has 9 heteroatoms. The molecule has 0 spiro atoms. The van der Waals surface area contributed by atoms with Crippen LogP contribution in [0, 0.1) is 17.0 Å². The normalized spacial score (nSPS) is 15.1. The highest BCUT2D eigenvalue weighted by molar-refractivity contribution is 8.18. The molecular formula is C20H18N2O6S. The van der Waals surface area contributed by atoms with Crippen molar-refractivity contribution in [2.24, 2.45) is 0 Å². The van der Waals surface area contributed by atoms with Crippen LogP contribution in [0.15, 0.2) is 41.3 Å². The van der Waals surface area contributed by atoms with Gasteiger partial charge in [-0.25, -0.2) is 0 Å². The molecule has 3 rings (SSSR count). The summed E-state index contributed by atoms with van der Waals surface area (Å²) in [6.07, 6.45) is 1.65. The van der Waals surface area contributed by atoms with E-state index in [2.05, 4.69) is 0 Å². The number of carbonyl (C=O) groups excluding carboxylic acids is 2. The lowest BCUT2D eigenvalue weighted by Gasteiger charge is -2.12. The summed E-state index contributed by atoms with van der Waals surface area (Å²) in [6.45, 7) is 1.92. The molecule has 0 atom stereocenters. The van der Waals surface area contributed by atoms with Gasteiger partial charge in [-0.3, -0.25) is 24.6 Å². The average molecular weight is 414 g/mol. The number of benzene rings is 2. The zero-order valence-electron chi connectivity index (χ0n) is 16.0. The van der Waals surface area contributed by atoms with Crippen molar-refractivity contribution in [3.63, 3.8) is 0 Å². The molecular weight excluding hydrogens is 396 g/mol. The molecule has 0 unspecified atom stereocenters. The topological polar surface area (TPSA) is 99.0 Å². The summed E-state index contributed by atoms with van der Waals surface area (Å²) in [5.74, 6) is 0.690. The Kier molecular flexibility index (Phi) is 5.88. The SMILES string of the molecule is COc1cc(C)c(/C=C2\SC(=O)N(Cc3ccc([N+](=O)[O-])cc3)C2=O)cc1OC. The number of imide groups is 1. The Labute approximate surface area is 171 Å². The third-order valence-electron chi connectivity index (χ3n) is 4.42. The van der Waals surface area contributed by atoms with Crippen molar-refractivity contribution in [2.75, 3.05) is 14.2 Å². The standard InChI is InChI=1S/C20H18N2O6S/c1-12-8-16(27-2)17(28-3)9-14(12)10-18-19(23)21(20(24)29-18)11-13-4-6-15(7-5-13)22(25)26/h4-10H,11H2,1-3H3/b18-10-. The first-order valence-electron chi connectivity index (χ1n) is 8.55. The molecule has 150 valence electrons. The van der Waals surface area contributed by atoms with Gasteiger partial charge in [-0.15, -0.1) is 0 Å². The van der Waals surface area contributed by atoms with Gasteiger partial charge in [0.15, 0.2) is 11.5 Å². The van der Waals surface area contributed by atoms with Crippen LogP contribution in [0.2, 0.25) is 0 Å². The summed E-state index contributed by atoms with van der Waals surface area (Å²) in [4.78, 5) is 36.8. The second-order valence-corrected chi connectivity index (χ2v) is 7.25. The van der Waals surface area contributed by atoms with E-state index in [1.807, 2.05) is 6.92 Å². The van der Waals surface area contributed by atoms with Gasteiger partial charge in [0.2, 0.25) is 0 Å². The van der Waals surface area contributed by atoms with E-state index in [0.717, 1.165) is 27.8 Å². The third-order valence-corrected chi connectivity index (χ3v) is 5.33. The fourth-order valence-corrected chi connectivity index (χ4v) is 3.66. The molecule has 1 heterocycles. The number of nitrogens with zero attached hydrogens (tertiary/aromatic N) is 2. The van der Waals surface area contributed by atoms with E-state index in [1.165, 1.54) is 31.4 Å². The Balaban J connectivity index is 1.84. The largest absolute Gasteiger partial charge is 0.493 e. The Morgan fingerprint density at radius 1 is 1.10 bits per heavy atom. The van der Waals surface area contributed by atoms with Crippen LogP contribution in [0.5, 0.6) is 11.5 Å². The number of thioether (sulfide) groups is 1. The molecule has 1 fully saturated rings. The van der Waals surface area contributed by atoms with Gasteiger partial charge in [-0.2, -0.15) is 0 Å². The Morgan fingerprint density at radius 3 is 2.31 bits per heavy atom. The van der Waals surface area contributed by atoms with E-state index in [-0.39, 0.29) is 12.2 Å². The molecule has 0 N–H and O–H groups in total. The van der Waals surface area contributed by atoms with E-state index in [4.69, 9.17) is 9.47 Å². The second kappa shape index (κ2) is 8.36. The van der Waals surface area contributed by atoms with Crippen LogP contribution < -0.4 is 9.47 Å². The maximum absolute atomic E-state index is 12.7. The lowest BCUT2D eigenvalue weighted by atomic mass is 10.1. The third kappa shape index (κ3) is 4.24. The number of hydrogen-bond donors (Lipinski definition) is 0. The fraction of sp³-hybridized carbons (Fsp3) is 0.200. The van der Waals surface area contributed by atoms with Gasteiger partial charge in [0.05, 0.1) is 30.6 Å². The molecule has 0 bridgehead atoms. The summed E-state index contributed by atoms with van der Waals surface area (Å²) in [5, 5.41) is 10.4. The predicted molar refractivity (Wildman–Crippen MR) is 109 cm³/mol. The van der Waals surface area contributed by atoms with Crippen LogP contribution >= 0.6 is 11.8 Å². The van der Waals surface area contributed by atoms with Gasteiger partial charge in [0.1, 0.15) is 0 Å². The Bertz CT molecular complexity index is 1020. The maximum atomic E-state index is 12.7. The zero-order chi connectivity index (χ0) is 21.1. The molecule has 29 heavy (non-hydrogen) atoms. The molecule has 1 aliphatic heterocycles. The number of methoxy groups -OCH3 is 2. The average Bonchev–Trinajstić information content (AvgIpc) is 2.96. The van der Waals surface area contributed by atoms with Gasteiger partial charge < -0.3 is 9.47 Å². The summed E-state index contributed by atoms with van der Waals surface area (Å²) in [6, 6.07) is 9.30. The summed E-state index contributed by atoms with van der Waals surface area (Å²) >= 11 is 0.854. The van der Waals surface area contributed by atoms with Crippen LogP contribution in [0.1, 0.15) is 16.7 Å². The van der Waals surface area contributed by atoms with Crippen molar-refractivity contribution >= 4 is 34.7 Å². The zero-order valence-corrected chi connectivity index (χ0v) is 16.8. The number of amides is 2. The number of rotatable bonds is 6. The number of nitro benzene ring substituents is 1. The molecule has 0 aromatic heterocycles. The highest BCUT2D eigenvalue weighted by Gasteiger charge is 2.35. The second-order valence-electron chi connectivity index (χ2n) is 6.26. The molecule has 0 radical (unpaired) electrons. The number of carbonyl (C=O) groups is 2. The van der Waals surface area contributed by atoms with E-state index in [1.54, 1.807) is 25.3 Å². The van der Waals surface area contributed by atoms with Crippen molar-refractivity contribution in [2.45, 2.75) is 13.5 Å². The van der Waals surface area contributed by atoms with Crippen LogP contribution in [0.3, 0.4) is 0 Å². The van der Waals surface area contributed by atoms with E-state index < -0.39 is 16.1 Å². The van der Waals surface area contributed by atoms with E-state index in [9.17, 15) is 19.7 Å². The van der Waals surface area contributed by atoms with Gasteiger partial charge in [0.25, 0.3) is 16.8 Å².